The fraction of sp³-hybridized carbons (Fsp3) is 0.409. The highest BCUT2D eigenvalue weighted by Crippen LogP contribution is 2.41. The minimum atomic E-state index is -3.71. The number of amides is 1. The maximum Gasteiger partial charge on any atom is 0.251 e. The Labute approximate surface area is 176 Å². The van der Waals surface area contributed by atoms with Crippen molar-refractivity contribution < 1.29 is 22.3 Å². The quantitative estimate of drug-likeness (QED) is 0.761. The van der Waals surface area contributed by atoms with Crippen molar-refractivity contribution in [3.63, 3.8) is 0 Å². The van der Waals surface area contributed by atoms with Gasteiger partial charge in [0, 0.05) is 18.7 Å². The second kappa shape index (κ2) is 8.45. The van der Waals surface area contributed by atoms with E-state index in [9.17, 15) is 17.6 Å². The molecule has 6 nitrogen and oxygen atoms in total. The molecule has 1 aliphatic heterocycles. The van der Waals surface area contributed by atoms with Crippen LogP contribution in [0, 0.1) is 18.7 Å². The van der Waals surface area contributed by atoms with Crippen LogP contribution in [0.15, 0.2) is 47.4 Å². The van der Waals surface area contributed by atoms with Crippen molar-refractivity contribution in [2.24, 2.45) is 5.92 Å². The Balaban J connectivity index is 1.58. The average Bonchev–Trinajstić information content (AvgIpc) is 3.58. The molecule has 8 heteroatoms. The van der Waals surface area contributed by atoms with Crippen molar-refractivity contribution in [3.05, 3.63) is 65.0 Å². The Hall–Kier alpha value is -2.29. The lowest BCUT2D eigenvalue weighted by molar-refractivity contribution is 0.0730. The molecule has 0 aromatic heterocycles. The lowest BCUT2D eigenvalue weighted by atomic mass is 10.0. The fourth-order valence-electron chi connectivity index (χ4n) is 3.74. The predicted octanol–water partition coefficient (Wildman–Crippen LogP) is 3.04. The Morgan fingerprint density at radius 3 is 2.43 bits per heavy atom. The number of hydrogen-bond acceptors (Lipinski definition) is 4. The summed E-state index contributed by atoms with van der Waals surface area (Å²) in [5.74, 6) is -0.354. The molecule has 160 valence electrons. The lowest BCUT2D eigenvalue weighted by Crippen LogP contribution is -2.41. The van der Waals surface area contributed by atoms with Gasteiger partial charge in [-0.05, 0) is 61.1 Å². The summed E-state index contributed by atoms with van der Waals surface area (Å²) in [5, 5.41) is 3.02. The summed E-state index contributed by atoms with van der Waals surface area (Å²) in [4.78, 5) is 13.1. The van der Waals surface area contributed by atoms with Crippen LogP contribution in [0.5, 0.6) is 0 Å². The zero-order valence-corrected chi connectivity index (χ0v) is 17.6. The Kier molecular flexibility index (Phi) is 5.90. The number of carbonyl (C=O) groups excluding carboxylic acids is 1. The van der Waals surface area contributed by atoms with Crippen molar-refractivity contribution in [2.45, 2.75) is 30.7 Å². The third kappa shape index (κ3) is 4.40. The summed E-state index contributed by atoms with van der Waals surface area (Å²) in [6.45, 7) is 3.04. The molecule has 1 atom stereocenters. The van der Waals surface area contributed by atoms with Gasteiger partial charge < -0.3 is 10.1 Å². The van der Waals surface area contributed by atoms with E-state index in [1.807, 2.05) is 0 Å². The molecule has 4 rings (SSSR count). The third-order valence-corrected chi connectivity index (χ3v) is 7.69. The first-order chi connectivity index (χ1) is 14.4. The van der Waals surface area contributed by atoms with Crippen LogP contribution in [0.2, 0.25) is 0 Å². The van der Waals surface area contributed by atoms with Gasteiger partial charge in [-0.15, -0.1) is 0 Å². The first-order valence-electron chi connectivity index (χ1n) is 10.1. The number of morpholine rings is 1. The van der Waals surface area contributed by atoms with Gasteiger partial charge in [0.25, 0.3) is 5.91 Å². The van der Waals surface area contributed by atoms with Crippen LogP contribution in [0.1, 0.15) is 40.4 Å². The highest BCUT2D eigenvalue weighted by molar-refractivity contribution is 7.89. The van der Waals surface area contributed by atoms with E-state index in [1.165, 1.54) is 22.5 Å². The van der Waals surface area contributed by atoms with Crippen molar-refractivity contribution in [2.75, 3.05) is 26.3 Å². The second-order valence-corrected chi connectivity index (χ2v) is 9.74. The van der Waals surface area contributed by atoms with Crippen molar-refractivity contribution >= 4 is 15.9 Å². The monoisotopic (exact) mass is 432 g/mol. The molecule has 1 unspecified atom stereocenters. The van der Waals surface area contributed by atoms with E-state index in [2.05, 4.69) is 5.32 Å². The molecule has 2 aromatic carbocycles. The van der Waals surface area contributed by atoms with E-state index in [-0.39, 0.29) is 22.7 Å². The van der Waals surface area contributed by atoms with Crippen LogP contribution in [-0.4, -0.2) is 44.9 Å². The van der Waals surface area contributed by atoms with Gasteiger partial charge in [0.1, 0.15) is 5.82 Å². The molecular weight excluding hydrogens is 407 g/mol. The van der Waals surface area contributed by atoms with Crippen molar-refractivity contribution in [1.82, 2.24) is 9.62 Å². The lowest BCUT2D eigenvalue weighted by Gasteiger charge is -2.27. The van der Waals surface area contributed by atoms with E-state index >= 15 is 0 Å². The SMILES string of the molecule is Cc1ccc(C(=O)NC(c2ccc(F)cc2)C2CC2)cc1S(=O)(=O)N1CCOCC1. The molecule has 2 aromatic rings. The number of nitrogens with zero attached hydrogens (tertiary/aromatic N) is 1. The van der Waals surface area contributed by atoms with Crippen LogP contribution in [-0.2, 0) is 14.8 Å². The molecule has 2 fully saturated rings. The standard InChI is InChI=1S/C22H25FN2O4S/c1-15-2-3-18(14-20(15)30(27,28)25-10-12-29-13-11-25)22(26)24-21(16-4-5-16)17-6-8-19(23)9-7-17/h2-3,6-9,14,16,21H,4-5,10-13H2,1H3,(H,24,26). The molecule has 0 spiro atoms. The third-order valence-electron chi connectivity index (χ3n) is 5.65. The van der Waals surface area contributed by atoms with E-state index in [0.29, 0.717) is 43.3 Å². The number of ether oxygens (including phenoxy) is 1. The van der Waals surface area contributed by atoms with Crippen LogP contribution >= 0.6 is 0 Å². The summed E-state index contributed by atoms with van der Waals surface area (Å²) in [7, 11) is -3.71. The van der Waals surface area contributed by atoms with Gasteiger partial charge in [0.15, 0.2) is 0 Å². The Bertz CT molecular complexity index is 1030. The molecule has 30 heavy (non-hydrogen) atoms. The number of sulfonamides is 1. The smallest absolute Gasteiger partial charge is 0.251 e. The zero-order chi connectivity index (χ0) is 21.3. The van der Waals surface area contributed by atoms with Gasteiger partial charge >= 0.3 is 0 Å². The van der Waals surface area contributed by atoms with Crippen molar-refractivity contribution in [1.29, 1.82) is 0 Å². The Morgan fingerprint density at radius 1 is 1.13 bits per heavy atom. The van der Waals surface area contributed by atoms with Gasteiger partial charge in [-0.1, -0.05) is 18.2 Å². The first-order valence-corrected chi connectivity index (χ1v) is 11.5. The van der Waals surface area contributed by atoms with Crippen molar-refractivity contribution in [3.8, 4) is 0 Å². The molecule has 0 radical (unpaired) electrons. The summed E-state index contributed by atoms with van der Waals surface area (Å²) in [6.07, 6.45) is 1.99. The number of benzene rings is 2. The van der Waals surface area contributed by atoms with Gasteiger partial charge in [0.2, 0.25) is 10.0 Å². The van der Waals surface area contributed by atoms with E-state index < -0.39 is 10.0 Å². The molecule has 1 amide bonds. The number of hydrogen-bond donors (Lipinski definition) is 1. The summed E-state index contributed by atoms with van der Waals surface area (Å²) >= 11 is 0. The maximum atomic E-state index is 13.3. The predicted molar refractivity (Wildman–Crippen MR) is 110 cm³/mol. The van der Waals surface area contributed by atoms with E-state index in [4.69, 9.17) is 4.74 Å². The largest absolute Gasteiger partial charge is 0.379 e. The fourth-order valence-corrected chi connectivity index (χ4v) is 5.40. The molecule has 2 aliphatic rings. The highest BCUT2D eigenvalue weighted by Gasteiger charge is 2.34. The number of carbonyl (C=O) groups is 1. The number of rotatable bonds is 6. The molecule has 1 saturated carbocycles. The molecule has 1 aliphatic carbocycles. The van der Waals surface area contributed by atoms with Gasteiger partial charge in [-0.3, -0.25) is 4.79 Å². The van der Waals surface area contributed by atoms with Crippen LogP contribution in [0.3, 0.4) is 0 Å². The first kappa shape index (κ1) is 21.0. The van der Waals surface area contributed by atoms with E-state index in [0.717, 1.165) is 18.4 Å². The number of halogens is 1. The second-order valence-electron chi connectivity index (χ2n) is 7.84. The van der Waals surface area contributed by atoms with Crippen LogP contribution < -0.4 is 5.32 Å². The highest BCUT2D eigenvalue weighted by atomic mass is 32.2. The van der Waals surface area contributed by atoms with Gasteiger partial charge in [-0.25, -0.2) is 12.8 Å². The van der Waals surface area contributed by atoms with E-state index in [1.54, 1.807) is 31.2 Å². The van der Waals surface area contributed by atoms with Crippen LogP contribution in [0.4, 0.5) is 4.39 Å². The molecule has 0 bridgehead atoms. The number of aryl methyl sites for hydroxylation is 1. The topological polar surface area (TPSA) is 75.7 Å². The maximum absolute atomic E-state index is 13.3. The van der Waals surface area contributed by atoms with Gasteiger partial charge in [0.05, 0.1) is 24.2 Å². The summed E-state index contributed by atoms with van der Waals surface area (Å²) in [6, 6.07) is 10.7. The van der Waals surface area contributed by atoms with Gasteiger partial charge in [-0.2, -0.15) is 4.31 Å². The molecule has 1 N–H and O–H groups in total. The summed E-state index contributed by atoms with van der Waals surface area (Å²) in [5.41, 5.74) is 1.73. The zero-order valence-electron chi connectivity index (χ0n) is 16.8. The van der Waals surface area contributed by atoms with Crippen LogP contribution in [0.25, 0.3) is 0 Å². The number of nitrogens with one attached hydrogen (secondary N) is 1. The molecular formula is C22H25FN2O4S. The molecule has 1 saturated heterocycles. The average molecular weight is 433 g/mol. The molecule has 1 heterocycles. The minimum Gasteiger partial charge on any atom is -0.379 e. The summed E-state index contributed by atoms with van der Waals surface area (Å²) < 4.78 is 46.1. The minimum absolute atomic E-state index is 0.141. The Morgan fingerprint density at radius 2 is 1.80 bits per heavy atom. The normalized spacial score (nSPS) is 18.7.